The second-order valence-electron chi connectivity index (χ2n) is 11.2. The second-order valence-corrected chi connectivity index (χ2v) is 11.2. The summed E-state index contributed by atoms with van der Waals surface area (Å²) in [5, 5.41) is 10.2. The molecule has 0 aromatic carbocycles. The van der Waals surface area contributed by atoms with Gasteiger partial charge in [0.1, 0.15) is 0 Å². The van der Waals surface area contributed by atoms with Crippen molar-refractivity contribution in [3.63, 3.8) is 0 Å². The molecular weight excluding hydrogens is 352 g/mol. The highest BCUT2D eigenvalue weighted by Gasteiger charge is 2.41. The number of fused-ring (bicyclic) bond motifs is 1. The monoisotopic (exact) mass is 404 g/mol. The summed E-state index contributed by atoms with van der Waals surface area (Å²) in [7, 11) is 0. The Morgan fingerprint density at radius 1 is 0.586 bits per heavy atom. The number of rotatable bonds is 12. The molecule has 3 aliphatic rings. The summed E-state index contributed by atoms with van der Waals surface area (Å²) in [6.07, 6.45) is 30.1. The molecule has 0 amide bonds. The van der Waals surface area contributed by atoms with Crippen molar-refractivity contribution in [1.29, 1.82) is 0 Å². The second kappa shape index (κ2) is 13.4. The molecule has 4 atom stereocenters. The summed E-state index contributed by atoms with van der Waals surface area (Å²) < 4.78 is 0. The lowest BCUT2D eigenvalue weighted by Crippen LogP contribution is -2.39. The quantitative estimate of drug-likeness (QED) is 0.322. The van der Waals surface area contributed by atoms with E-state index in [1.54, 1.807) is 0 Å². The maximum atomic E-state index is 10.2. The van der Waals surface area contributed by atoms with Crippen LogP contribution in [-0.4, -0.2) is 11.2 Å². The van der Waals surface area contributed by atoms with Gasteiger partial charge >= 0.3 is 0 Å². The number of hydrogen-bond donors (Lipinski definition) is 1. The zero-order valence-electron chi connectivity index (χ0n) is 19.8. The molecule has 0 saturated heterocycles. The summed E-state index contributed by atoms with van der Waals surface area (Å²) in [6, 6.07) is 0. The Bertz CT molecular complexity index is 411. The van der Waals surface area contributed by atoms with Gasteiger partial charge in [-0.05, 0) is 68.1 Å². The molecule has 29 heavy (non-hydrogen) atoms. The van der Waals surface area contributed by atoms with Crippen LogP contribution in [0.5, 0.6) is 0 Å². The molecule has 4 unspecified atom stereocenters. The van der Waals surface area contributed by atoms with Gasteiger partial charge in [0.2, 0.25) is 0 Å². The van der Waals surface area contributed by atoms with Crippen LogP contribution in [0.25, 0.3) is 0 Å². The summed E-state index contributed by atoms with van der Waals surface area (Å²) in [5.41, 5.74) is 0. The number of aliphatic hydroxyl groups is 1. The predicted molar refractivity (Wildman–Crippen MR) is 126 cm³/mol. The van der Waals surface area contributed by atoms with Crippen LogP contribution >= 0.6 is 0 Å². The van der Waals surface area contributed by atoms with E-state index in [1.165, 1.54) is 122 Å². The fourth-order valence-corrected chi connectivity index (χ4v) is 7.37. The van der Waals surface area contributed by atoms with Crippen LogP contribution in [0.2, 0.25) is 0 Å². The van der Waals surface area contributed by atoms with Crippen molar-refractivity contribution in [2.75, 3.05) is 0 Å². The van der Waals surface area contributed by atoms with E-state index in [4.69, 9.17) is 0 Å². The van der Waals surface area contributed by atoms with Gasteiger partial charge in [-0.15, -0.1) is 0 Å². The van der Waals surface area contributed by atoms with Crippen LogP contribution in [0.4, 0.5) is 0 Å². The van der Waals surface area contributed by atoms with E-state index in [-0.39, 0.29) is 6.10 Å². The average Bonchev–Trinajstić information content (AvgIpc) is 2.75. The number of aliphatic hydroxyl groups excluding tert-OH is 1. The largest absolute Gasteiger partial charge is 0.393 e. The van der Waals surface area contributed by atoms with Gasteiger partial charge in [-0.3, -0.25) is 0 Å². The molecule has 3 rings (SSSR count). The third-order valence-electron chi connectivity index (χ3n) is 9.15. The van der Waals surface area contributed by atoms with E-state index < -0.39 is 0 Å². The first kappa shape index (κ1) is 23.6. The first-order chi connectivity index (χ1) is 14.3. The first-order valence-corrected chi connectivity index (χ1v) is 14.0. The summed E-state index contributed by atoms with van der Waals surface area (Å²) >= 11 is 0. The Morgan fingerprint density at radius 2 is 1.17 bits per heavy atom. The lowest BCUT2D eigenvalue weighted by molar-refractivity contribution is -0.00961. The van der Waals surface area contributed by atoms with Gasteiger partial charge in [0.15, 0.2) is 0 Å². The SMILES string of the molecule is CCCCCCCCCCCCC1CCC(C2CCCC3CCC(O)CC32)CC1. The van der Waals surface area contributed by atoms with Crippen LogP contribution in [0.3, 0.4) is 0 Å². The lowest BCUT2D eigenvalue weighted by atomic mass is 9.59. The fraction of sp³-hybridized carbons (Fsp3) is 1.00. The van der Waals surface area contributed by atoms with Crippen molar-refractivity contribution in [2.24, 2.45) is 29.6 Å². The van der Waals surface area contributed by atoms with Gasteiger partial charge in [-0.2, -0.15) is 0 Å². The van der Waals surface area contributed by atoms with E-state index in [1.807, 2.05) is 0 Å². The Kier molecular flexibility index (Phi) is 10.9. The first-order valence-electron chi connectivity index (χ1n) is 14.0. The molecule has 0 heterocycles. The molecule has 0 radical (unpaired) electrons. The van der Waals surface area contributed by atoms with E-state index in [2.05, 4.69) is 6.92 Å². The summed E-state index contributed by atoms with van der Waals surface area (Å²) in [4.78, 5) is 0. The van der Waals surface area contributed by atoms with Gasteiger partial charge < -0.3 is 5.11 Å². The third-order valence-corrected chi connectivity index (χ3v) is 9.15. The predicted octanol–water partition coefficient (Wildman–Crippen LogP) is 8.68. The Hall–Kier alpha value is -0.0400. The molecule has 0 bridgehead atoms. The minimum atomic E-state index is 0.0181. The van der Waals surface area contributed by atoms with Gasteiger partial charge in [0.25, 0.3) is 0 Å². The number of unbranched alkanes of at least 4 members (excludes halogenated alkanes) is 9. The Labute approximate surface area is 182 Å². The maximum Gasteiger partial charge on any atom is 0.0543 e. The van der Waals surface area contributed by atoms with Crippen molar-refractivity contribution >= 4 is 0 Å². The molecule has 170 valence electrons. The highest BCUT2D eigenvalue weighted by molar-refractivity contribution is 4.92. The topological polar surface area (TPSA) is 20.2 Å². The van der Waals surface area contributed by atoms with Crippen LogP contribution in [-0.2, 0) is 0 Å². The van der Waals surface area contributed by atoms with E-state index in [0.717, 1.165) is 42.4 Å². The zero-order valence-corrected chi connectivity index (χ0v) is 19.8. The molecular formula is C28H52O. The van der Waals surface area contributed by atoms with Crippen LogP contribution in [0, 0.1) is 29.6 Å². The fourth-order valence-electron chi connectivity index (χ4n) is 7.37. The average molecular weight is 405 g/mol. The minimum Gasteiger partial charge on any atom is -0.393 e. The Balaban J connectivity index is 1.23. The zero-order chi connectivity index (χ0) is 20.3. The van der Waals surface area contributed by atoms with Gasteiger partial charge in [0, 0.05) is 0 Å². The maximum absolute atomic E-state index is 10.2. The molecule has 0 aromatic heterocycles. The van der Waals surface area contributed by atoms with Crippen molar-refractivity contribution in [1.82, 2.24) is 0 Å². The van der Waals surface area contributed by atoms with E-state index in [0.29, 0.717) is 0 Å². The molecule has 1 nitrogen and oxygen atoms in total. The Morgan fingerprint density at radius 3 is 1.86 bits per heavy atom. The van der Waals surface area contributed by atoms with Crippen molar-refractivity contribution in [2.45, 2.75) is 148 Å². The van der Waals surface area contributed by atoms with E-state index in [9.17, 15) is 5.11 Å². The normalized spacial score (nSPS) is 35.4. The highest BCUT2D eigenvalue weighted by atomic mass is 16.3. The van der Waals surface area contributed by atoms with Gasteiger partial charge in [-0.1, -0.05) is 103 Å². The van der Waals surface area contributed by atoms with Gasteiger partial charge in [0.05, 0.1) is 6.10 Å². The standard InChI is InChI=1S/C28H52O/c1-2-3-4-5-6-7-8-9-10-11-13-23-16-18-25(19-17-23)27-15-12-14-24-20-21-26(29)22-28(24)27/h23-29H,2-22H2,1H3. The molecule has 0 aromatic rings. The molecule has 1 heteroatoms. The van der Waals surface area contributed by atoms with Crippen LogP contribution < -0.4 is 0 Å². The molecule has 3 aliphatic carbocycles. The van der Waals surface area contributed by atoms with E-state index >= 15 is 0 Å². The molecule has 3 saturated carbocycles. The minimum absolute atomic E-state index is 0.0181. The molecule has 0 spiro atoms. The molecule has 0 aliphatic heterocycles. The smallest absolute Gasteiger partial charge is 0.0543 e. The highest BCUT2D eigenvalue weighted by Crippen LogP contribution is 2.50. The third kappa shape index (κ3) is 7.86. The van der Waals surface area contributed by atoms with Crippen LogP contribution in [0.15, 0.2) is 0 Å². The van der Waals surface area contributed by atoms with Crippen LogP contribution in [0.1, 0.15) is 142 Å². The van der Waals surface area contributed by atoms with Crippen molar-refractivity contribution in [3.8, 4) is 0 Å². The lowest BCUT2D eigenvalue weighted by Gasteiger charge is -2.47. The summed E-state index contributed by atoms with van der Waals surface area (Å²) in [5.74, 6) is 4.83. The van der Waals surface area contributed by atoms with Crippen molar-refractivity contribution in [3.05, 3.63) is 0 Å². The van der Waals surface area contributed by atoms with Crippen molar-refractivity contribution < 1.29 is 5.11 Å². The molecule has 1 N–H and O–H groups in total. The summed E-state index contributed by atoms with van der Waals surface area (Å²) in [6.45, 7) is 2.31. The number of hydrogen-bond acceptors (Lipinski definition) is 1. The van der Waals surface area contributed by atoms with Gasteiger partial charge in [-0.25, -0.2) is 0 Å². The molecule has 3 fully saturated rings.